The van der Waals surface area contributed by atoms with E-state index in [9.17, 15) is 18.0 Å². The van der Waals surface area contributed by atoms with Crippen molar-refractivity contribution in [3.8, 4) is 5.75 Å². The highest BCUT2D eigenvalue weighted by Crippen LogP contribution is 2.26. The van der Waals surface area contributed by atoms with Gasteiger partial charge in [0.15, 0.2) is 0 Å². The van der Waals surface area contributed by atoms with Crippen molar-refractivity contribution in [2.75, 3.05) is 20.2 Å². The number of rotatable bonds is 3. The molecule has 7 nitrogen and oxygen atoms in total. The molecule has 1 saturated heterocycles. The maximum absolute atomic E-state index is 12.4. The van der Waals surface area contributed by atoms with E-state index < -0.39 is 21.8 Å². The number of carbonyl (C=O) groups excluding carboxylic acids is 2. The van der Waals surface area contributed by atoms with Gasteiger partial charge in [-0.3, -0.25) is 14.9 Å². The number of methoxy groups -OCH3 is 1. The molecule has 0 unspecified atom stereocenters. The molecule has 0 radical (unpaired) electrons. The van der Waals surface area contributed by atoms with Gasteiger partial charge in [0.05, 0.1) is 20.2 Å². The van der Waals surface area contributed by atoms with Crippen molar-refractivity contribution in [3.05, 3.63) is 24.3 Å². The molecule has 1 aliphatic heterocycles. The molecule has 1 aromatic rings. The molecule has 1 aliphatic rings. The number of hydrogen-bond donors (Lipinski definition) is 1. The van der Waals surface area contributed by atoms with Crippen LogP contribution in [0.2, 0.25) is 0 Å². The Balaban J connectivity index is 2.42. The van der Waals surface area contributed by atoms with E-state index >= 15 is 0 Å². The molecule has 0 bridgehead atoms. The lowest BCUT2D eigenvalue weighted by Gasteiger charge is -2.25. The minimum absolute atomic E-state index is 0.0694. The minimum atomic E-state index is -3.94. The highest BCUT2D eigenvalue weighted by atomic mass is 32.2. The zero-order valence-electron chi connectivity index (χ0n) is 10.1. The van der Waals surface area contributed by atoms with Crippen molar-refractivity contribution in [2.24, 2.45) is 0 Å². The third-order valence-electron chi connectivity index (χ3n) is 2.61. The molecule has 2 rings (SSSR count). The van der Waals surface area contributed by atoms with Gasteiger partial charge in [-0.2, -0.15) is 4.31 Å². The largest absolute Gasteiger partial charge is 0.495 e. The number of para-hydroxylation sites is 1. The topological polar surface area (TPSA) is 92.8 Å². The highest BCUT2D eigenvalue weighted by molar-refractivity contribution is 7.89. The number of nitrogens with one attached hydrogen (secondary N) is 1. The predicted molar refractivity (Wildman–Crippen MR) is 64.9 cm³/mol. The summed E-state index contributed by atoms with van der Waals surface area (Å²) in [6.07, 6.45) is 0. The first kappa shape index (κ1) is 13.5. The summed E-state index contributed by atoms with van der Waals surface area (Å²) >= 11 is 0. The van der Waals surface area contributed by atoms with Gasteiger partial charge in [0.2, 0.25) is 21.8 Å². The van der Waals surface area contributed by atoms with E-state index in [0.29, 0.717) is 0 Å². The van der Waals surface area contributed by atoms with Crippen LogP contribution in [0, 0.1) is 0 Å². The van der Waals surface area contributed by atoms with Crippen molar-refractivity contribution in [2.45, 2.75) is 4.90 Å². The molecule has 1 fully saturated rings. The van der Waals surface area contributed by atoms with Crippen molar-refractivity contribution < 1.29 is 22.7 Å². The van der Waals surface area contributed by atoms with E-state index in [2.05, 4.69) is 0 Å². The summed E-state index contributed by atoms with van der Waals surface area (Å²) in [6, 6.07) is 6.04. The van der Waals surface area contributed by atoms with Gasteiger partial charge in [0.1, 0.15) is 10.6 Å². The second-order valence-electron chi connectivity index (χ2n) is 3.90. The third-order valence-corrected chi connectivity index (χ3v) is 4.44. The molecule has 0 aliphatic carbocycles. The monoisotopic (exact) mass is 284 g/mol. The smallest absolute Gasteiger partial charge is 0.247 e. The second kappa shape index (κ2) is 4.98. The van der Waals surface area contributed by atoms with Crippen LogP contribution in [0.15, 0.2) is 29.2 Å². The van der Waals surface area contributed by atoms with E-state index in [1.54, 1.807) is 12.1 Å². The number of hydrogen-bond acceptors (Lipinski definition) is 5. The summed E-state index contributed by atoms with van der Waals surface area (Å²) < 4.78 is 30.6. The molecule has 19 heavy (non-hydrogen) atoms. The molecule has 102 valence electrons. The quantitative estimate of drug-likeness (QED) is 0.744. The van der Waals surface area contributed by atoms with Gasteiger partial charge < -0.3 is 4.74 Å². The van der Waals surface area contributed by atoms with Crippen LogP contribution in [0.1, 0.15) is 0 Å². The average Bonchev–Trinajstić information content (AvgIpc) is 2.37. The van der Waals surface area contributed by atoms with Crippen molar-refractivity contribution in [1.82, 2.24) is 9.62 Å². The molecule has 0 aromatic heterocycles. The number of imide groups is 1. The average molecular weight is 284 g/mol. The Morgan fingerprint density at radius 3 is 2.32 bits per heavy atom. The summed E-state index contributed by atoms with van der Waals surface area (Å²) in [5, 5.41) is 2.05. The fourth-order valence-electron chi connectivity index (χ4n) is 1.75. The molecule has 8 heteroatoms. The molecular weight excluding hydrogens is 272 g/mol. The van der Waals surface area contributed by atoms with Crippen molar-refractivity contribution >= 4 is 21.8 Å². The molecule has 0 atom stereocenters. The molecule has 2 amide bonds. The minimum Gasteiger partial charge on any atom is -0.495 e. The highest BCUT2D eigenvalue weighted by Gasteiger charge is 2.34. The first-order chi connectivity index (χ1) is 8.95. The lowest BCUT2D eigenvalue weighted by atomic mass is 10.3. The van der Waals surface area contributed by atoms with Gasteiger partial charge in [0, 0.05) is 0 Å². The van der Waals surface area contributed by atoms with Crippen LogP contribution >= 0.6 is 0 Å². The van der Waals surface area contributed by atoms with E-state index in [0.717, 1.165) is 4.31 Å². The first-order valence-corrected chi connectivity index (χ1v) is 6.85. The molecular formula is C11H12N2O5S. The number of nitrogens with zero attached hydrogens (tertiary/aromatic N) is 1. The van der Waals surface area contributed by atoms with E-state index in [1.807, 2.05) is 5.32 Å². The second-order valence-corrected chi connectivity index (χ2v) is 5.80. The van der Waals surface area contributed by atoms with E-state index in [-0.39, 0.29) is 23.7 Å². The van der Waals surface area contributed by atoms with E-state index in [4.69, 9.17) is 4.74 Å². The van der Waals surface area contributed by atoms with Gasteiger partial charge >= 0.3 is 0 Å². The Morgan fingerprint density at radius 1 is 1.16 bits per heavy atom. The zero-order valence-corrected chi connectivity index (χ0v) is 10.9. The maximum Gasteiger partial charge on any atom is 0.247 e. The summed E-state index contributed by atoms with van der Waals surface area (Å²) in [5.74, 6) is -1.12. The Morgan fingerprint density at radius 2 is 1.74 bits per heavy atom. The Labute approximate surface area is 110 Å². The maximum atomic E-state index is 12.4. The van der Waals surface area contributed by atoms with Crippen LogP contribution in [-0.2, 0) is 19.6 Å². The van der Waals surface area contributed by atoms with Gasteiger partial charge in [0.25, 0.3) is 0 Å². The summed E-state index contributed by atoms with van der Waals surface area (Å²) in [5.41, 5.74) is 0. The van der Waals surface area contributed by atoms with Crippen LogP contribution in [0.5, 0.6) is 5.75 Å². The number of benzene rings is 1. The number of amides is 2. The number of piperazine rings is 1. The van der Waals surface area contributed by atoms with Crippen LogP contribution in [0.3, 0.4) is 0 Å². The van der Waals surface area contributed by atoms with Crippen LogP contribution < -0.4 is 10.1 Å². The van der Waals surface area contributed by atoms with E-state index in [1.165, 1.54) is 19.2 Å². The molecule has 1 N–H and O–H groups in total. The number of carbonyl (C=O) groups is 2. The lowest BCUT2D eigenvalue weighted by Crippen LogP contribution is -2.53. The summed E-state index contributed by atoms with van der Waals surface area (Å²) in [7, 11) is -2.59. The van der Waals surface area contributed by atoms with Gasteiger partial charge in [-0.25, -0.2) is 8.42 Å². The standard InChI is InChI=1S/C11H12N2O5S/c1-18-8-4-2-3-5-9(8)19(16,17)13-6-10(14)12-11(15)7-13/h2-5H,6-7H2,1H3,(H,12,14,15). The Bertz CT molecular complexity index is 610. The van der Waals surface area contributed by atoms with Crippen LogP contribution in [0.4, 0.5) is 0 Å². The van der Waals surface area contributed by atoms with Crippen molar-refractivity contribution in [3.63, 3.8) is 0 Å². The van der Waals surface area contributed by atoms with Crippen LogP contribution in [-0.4, -0.2) is 44.7 Å². The normalized spacial score (nSPS) is 17.1. The van der Waals surface area contributed by atoms with Crippen LogP contribution in [0.25, 0.3) is 0 Å². The molecule has 1 aromatic carbocycles. The molecule has 1 heterocycles. The molecule has 0 saturated carbocycles. The fraction of sp³-hybridized carbons (Fsp3) is 0.273. The van der Waals surface area contributed by atoms with Gasteiger partial charge in [-0.1, -0.05) is 12.1 Å². The summed E-state index contributed by atoms with van der Waals surface area (Å²) in [4.78, 5) is 22.4. The Hall–Kier alpha value is -1.93. The first-order valence-electron chi connectivity index (χ1n) is 5.41. The number of ether oxygens (including phenoxy) is 1. The van der Waals surface area contributed by atoms with Gasteiger partial charge in [-0.15, -0.1) is 0 Å². The lowest BCUT2D eigenvalue weighted by molar-refractivity contribution is -0.134. The zero-order chi connectivity index (χ0) is 14.0. The predicted octanol–water partition coefficient (Wildman–Crippen LogP) is -0.658. The number of sulfonamides is 1. The summed E-state index contributed by atoms with van der Waals surface area (Å²) in [6.45, 7) is -0.766. The molecule has 0 spiro atoms. The SMILES string of the molecule is COc1ccccc1S(=O)(=O)N1CC(=O)NC(=O)C1. The Kier molecular flexibility index (Phi) is 3.54. The van der Waals surface area contributed by atoms with Gasteiger partial charge in [-0.05, 0) is 12.1 Å². The third kappa shape index (κ3) is 2.59. The van der Waals surface area contributed by atoms with Crippen molar-refractivity contribution in [1.29, 1.82) is 0 Å². The fourth-order valence-corrected chi connectivity index (χ4v) is 3.26.